The van der Waals surface area contributed by atoms with E-state index >= 15 is 0 Å². The van der Waals surface area contributed by atoms with E-state index in [2.05, 4.69) is 10.6 Å². The number of nitrogens with one attached hydrogen (secondary N) is 2. The minimum absolute atomic E-state index is 0.143. The normalized spacial score (nSPS) is 16.1. The standard InChI is InChI=1S/C18H22Cl2N2O4/c19-13-5-14(20)16(26-10-18(24)22-8-12-3-4-12)6-15(13)25-9-17(23)21-7-11-1-2-11/h5-6,11-12H,1-4,7-10H2,(H,21,23)(H,22,24). The average molecular weight is 401 g/mol. The van der Waals surface area contributed by atoms with Crippen molar-refractivity contribution in [1.29, 1.82) is 0 Å². The number of rotatable bonds is 10. The van der Waals surface area contributed by atoms with Crippen molar-refractivity contribution >= 4 is 35.0 Å². The summed E-state index contributed by atoms with van der Waals surface area (Å²) in [5.41, 5.74) is 0. The molecule has 2 aliphatic carbocycles. The number of benzene rings is 1. The third-order valence-corrected chi connectivity index (χ3v) is 4.86. The number of halogens is 2. The Balaban J connectivity index is 1.48. The molecular weight excluding hydrogens is 379 g/mol. The number of hydrogen-bond acceptors (Lipinski definition) is 4. The molecule has 0 radical (unpaired) electrons. The lowest BCUT2D eigenvalue weighted by Gasteiger charge is -2.13. The van der Waals surface area contributed by atoms with Crippen molar-refractivity contribution in [3.8, 4) is 11.5 Å². The van der Waals surface area contributed by atoms with E-state index in [4.69, 9.17) is 32.7 Å². The first-order valence-electron chi connectivity index (χ1n) is 8.79. The van der Waals surface area contributed by atoms with Gasteiger partial charge in [-0.05, 0) is 43.6 Å². The van der Waals surface area contributed by atoms with E-state index in [1.807, 2.05) is 0 Å². The Hall–Kier alpha value is -1.66. The van der Waals surface area contributed by atoms with Crippen LogP contribution in [0.1, 0.15) is 25.7 Å². The minimum Gasteiger partial charge on any atom is -0.482 e. The molecule has 2 N–H and O–H groups in total. The van der Waals surface area contributed by atoms with E-state index in [0.717, 1.165) is 0 Å². The molecule has 2 fully saturated rings. The maximum absolute atomic E-state index is 11.8. The molecule has 0 heterocycles. The van der Waals surface area contributed by atoms with E-state index in [1.54, 1.807) is 0 Å². The van der Waals surface area contributed by atoms with Gasteiger partial charge in [0.25, 0.3) is 11.8 Å². The lowest BCUT2D eigenvalue weighted by Crippen LogP contribution is -2.30. The first-order valence-corrected chi connectivity index (χ1v) is 9.55. The van der Waals surface area contributed by atoms with Crippen molar-refractivity contribution in [3.05, 3.63) is 22.2 Å². The highest BCUT2D eigenvalue weighted by Gasteiger charge is 2.22. The maximum Gasteiger partial charge on any atom is 0.257 e. The molecule has 26 heavy (non-hydrogen) atoms. The van der Waals surface area contributed by atoms with Crippen molar-refractivity contribution in [2.45, 2.75) is 25.7 Å². The quantitative estimate of drug-likeness (QED) is 0.632. The third kappa shape index (κ3) is 6.25. The minimum atomic E-state index is -0.204. The van der Waals surface area contributed by atoms with E-state index < -0.39 is 0 Å². The predicted octanol–water partition coefficient (Wildman–Crippen LogP) is 2.80. The number of ether oxygens (including phenoxy) is 2. The van der Waals surface area contributed by atoms with Crippen LogP contribution in [-0.2, 0) is 9.59 Å². The fourth-order valence-corrected chi connectivity index (χ4v) is 2.77. The monoisotopic (exact) mass is 400 g/mol. The summed E-state index contributed by atoms with van der Waals surface area (Å²) in [7, 11) is 0. The fraction of sp³-hybridized carbons (Fsp3) is 0.556. The molecule has 1 aromatic carbocycles. The molecule has 0 spiro atoms. The molecule has 0 saturated heterocycles. The highest BCUT2D eigenvalue weighted by atomic mass is 35.5. The molecule has 0 aliphatic heterocycles. The van der Waals surface area contributed by atoms with Gasteiger partial charge in [0.15, 0.2) is 13.2 Å². The van der Waals surface area contributed by atoms with Gasteiger partial charge in [0.2, 0.25) is 0 Å². The summed E-state index contributed by atoms with van der Waals surface area (Å²) < 4.78 is 10.9. The van der Waals surface area contributed by atoms with Crippen molar-refractivity contribution in [2.75, 3.05) is 26.3 Å². The van der Waals surface area contributed by atoms with Crippen LogP contribution < -0.4 is 20.1 Å². The van der Waals surface area contributed by atoms with Crippen LogP contribution in [0, 0.1) is 11.8 Å². The Labute approximate surface area is 162 Å². The first-order chi connectivity index (χ1) is 12.5. The highest BCUT2D eigenvalue weighted by molar-refractivity contribution is 6.36. The van der Waals surface area contributed by atoms with E-state index in [-0.39, 0.29) is 46.6 Å². The molecule has 0 aromatic heterocycles. The molecule has 0 atom stereocenters. The molecule has 2 aliphatic rings. The maximum atomic E-state index is 11.8. The van der Waals surface area contributed by atoms with Gasteiger partial charge in [-0.2, -0.15) is 0 Å². The van der Waals surface area contributed by atoms with Crippen LogP contribution in [-0.4, -0.2) is 38.1 Å². The number of amides is 2. The average Bonchev–Trinajstić information content (AvgIpc) is 3.51. The lowest BCUT2D eigenvalue weighted by atomic mass is 10.3. The van der Waals surface area contributed by atoms with Gasteiger partial charge in [-0.1, -0.05) is 23.2 Å². The topological polar surface area (TPSA) is 76.7 Å². The van der Waals surface area contributed by atoms with Gasteiger partial charge >= 0.3 is 0 Å². The van der Waals surface area contributed by atoms with Gasteiger partial charge in [0, 0.05) is 19.2 Å². The van der Waals surface area contributed by atoms with E-state index in [9.17, 15) is 9.59 Å². The molecule has 6 nitrogen and oxygen atoms in total. The first kappa shape index (κ1) is 19.1. The number of carbonyl (C=O) groups excluding carboxylic acids is 2. The third-order valence-electron chi connectivity index (χ3n) is 4.27. The summed E-state index contributed by atoms with van der Waals surface area (Å²) in [6, 6.07) is 2.96. The molecule has 2 saturated carbocycles. The zero-order valence-corrected chi connectivity index (χ0v) is 15.9. The van der Waals surface area contributed by atoms with Gasteiger partial charge < -0.3 is 20.1 Å². The number of carbonyl (C=O) groups is 2. The van der Waals surface area contributed by atoms with Crippen LogP contribution in [0.2, 0.25) is 10.0 Å². The van der Waals surface area contributed by atoms with Gasteiger partial charge in [-0.3, -0.25) is 9.59 Å². The van der Waals surface area contributed by atoms with Crippen LogP contribution in [0.4, 0.5) is 0 Å². The zero-order chi connectivity index (χ0) is 18.5. The SMILES string of the molecule is O=C(COc1cc(OCC(=O)NCC2CC2)c(Cl)cc1Cl)NCC1CC1. The summed E-state index contributed by atoms with van der Waals surface area (Å²) in [6.07, 6.45) is 4.66. The summed E-state index contributed by atoms with van der Waals surface area (Å²) in [5, 5.41) is 6.17. The van der Waals surface area contributed by atoms with Gasteiger partial charge in [-0.25, -0.2) is 0 Å². The van der Waals surface area contributed by atoms with Gasteiger partial charge in [-0.15, -0.1) is 0 Å². The molecule has 2 amide bonds. The predicted molar refractivity (Wildman–Crippen MR) is 98.9 cm³/mol. The second-order valence-electron chi connectivity index (χ2n) is 6.79. The molecular formula is C18H22Cl2N2O4. The Kier molecular flexibility index (Phi) is 6.48. The molecule has 8 heteroatoms. The lowest BCUT2D eigenvalue weighted by molar-refractivity contribution is -0.123. The molecule has 1 aromatic rings. The van der Waals surface area contributed by atoms with Crippen molar-refractivity contribution in [2.24, 2.45) is 11.8 Å². The van der Waals surface area contributed by atoms with E-state index in [0.29, 0.717) is 24.9 Å². The molecule has 142 valence electrons. The van der Waals surface area contributed by atoms with Crippen LogP contribution in [0.5, 0.6) is 11.5 Å². The van der Waals surface area contributed by atoms with Crippen LogP contribution in [0.15, 0.2) is 12.1 Å². The largest absolute Gasteiger partial charge is 0.482 e. The van der Waals surface area contributed by atoms with E-state index in [1.165, 1.54) is 37.8 Å². The van der Waals surface area contributed by atoms with Crippen LogP contribution in [0.3, 0.4) is 0 Å². The Morgan fingerprint density at radius 1 is 0.846 bits per heavy atom. The zero-order valence-electron chi connectivity index (χ0n) is 14.4. The molecule has 0 bridgehead atoms. The second kappa shape index (κ2) is 8.82. The fourth-order valence-electron chi connectivity index (χ4n) is 2.28. The number of hydrogen-bond donors (Lipinski definition) is 2. The second-order valence-corrected chi connectivity index (χ2v) is 7.60. The summed E-state index contributed by atoms with van der Waals surface area (Å²) in [5.74, 6) is 1.36. The van der Waals surface area contributed by atoms with Gasteiger partial charge in [0.05, 0.1) is 10.0 Å². The highest BCUT2D eigenvalue weighted by Crippen LogP contribution is 2.36. The van der Waals surface area contributed by atoms with Gasteiger partial charge in [0.1, 0.15) is 11.5 Å². The smallest absolute Gasteiger partial charge is 0.257 e. The van der Waals surface area contributed by atoms with Crippen LogP contribution in [0.25, 0.3) is 0 Å². The Morgan fingerprint density at radius 3 is 1.65 bits per heavy atom. The molecule has 0 unspecified atom stereocenters. The summed E-state index contributed by atoms with van der Waals surface area (Å²) in [6.45, 7) is 1.08. The summed E-state index contributed by atoms with van der Waals surface area (Å²) in [4.78, 5) is 23.5. The van der Waals surface area contributed by atoms with Crippen molar-refractivity contribution in [3.63, 3.8) is 0 Å². The van der Waals surface area contributed by atoms with Crippen LogP contribution >= 0.6 is 23.2 Å². The van der Waals surface area contributed by atoms with Crippen molar-refractivity contribution in [1.82, 2.24) is 10.6 Å². The Morgan fingerprint density at radius 2 is 1.27 bits per heavy atom. The summed E-state index contributed by atoms with van der Waals surface area (Å²) >= 11 is 12.2. The molecule has 3 rings (SSSR count). The Bertz CT molecular complexity index is 622. The van der Waals surface area contributed by atoms with Crippen molar-refractivity contribution < 1.29 is 19.1 Å².